The van der Waals surface area contributed by atoms with E-state index in [0.29, 0.717) is 5.92 Å². The van der Waals surface area contributed by atoms with Gasteiger partial charge in [-0.2, -0.15) is 0 Å². The molecule has 2 rings (SSSR count). The van der Waals surface area contributed by atoms with Crippen LogP contribution in [-0.2, 0) is 4.74 Å². The molecule has 98 valence electrons. The van der Waals surface area contributed by atoms with Crippen LogP contribution >= 0.6 is 0 Å². The molecular weight excluding hydrogens is 236 g/mol. The summed E-state index contributed by atoms with van der Waals surface area (Å²) in [4.78, 5) is 0. The van der Waals surface area contributed by atoms with E-state index in [1.165, 1.54) is 5.56 Å². The highest BCUT2D eigenvalue weighted by atomic mass is 16.7. The predicted octanol–water partition coefficient (Wildman–Crippen LogP) is 3.93. The van der Waals surface area contributed by atoms with Gasteiger partial charge in [0.15, 0.2) is 6.79 Å². The first-order valence-corrected chi connectivity index (χ1v) is 6.32. The van der Waals surface area contributed by atoms with Crippen LogP contribution in [-0.4, -0.2) is 13.9 Å². The molecule has 0 N–H and O–H groups in total. The second kappa shape index (κ2) is 5.77. The minimum Gasteiger partial charge on any atom is -0.468 e. The minimum absolute atomic E-state index is 0.248. The van der Waals surface area contributed by atoms with E-state index in [-0.39, 0.29) is 6.79 Å². The van der Waals surface area contributed by atoms with E-state index in [1.54, 1.807) is 7.11 Å². The van der Waals surface area contributed by atoms with Crippen molar-refractivity contribution in [1.29, 1.82) is 0 Å². The van der Waals surface area contributed by atoms with Gasteiger partial charge in [0.2, 0.25) is 0 Å². The van der Waals surface area contributed by atoms with Gasteiger partial charge >= 0.3 is 0 Å². The van der Waals surface area contributed by atoms with Crippen LogP contribution in [0.5, 0.6) is 5.75 Å². The van der Waals surface area contributed by atoms with Crippen LogP contribution in [0.15, 0.2) is 30.3 Å². The van der Waals surface area contributed by atoms with E-state index < -0.39 is 0 Å². The molecule has 2 nitrogen and oxygen atoms in total. The lowest BCUT2D eigenvalue weighted by molar-refractivity contribution is 0.0512. The van der Waals surface area contributed by atoms with E-state index in [9.17, 15) is 0 Å². The third-order valence-corrected chi connectivity index (χ3v) is 3.10. The van der Waals surface area contributed by atoms with Crippen molar-refractivity contribution in [3.63, 3.8) is 0 Å². The maximum Gasteiger partial charge on any atom is 0.188 e. The number of benzene rings is 2. The molecule has 0 aliphatic carbocycles. The molecule has 0 fully saturated rings. The van der Waals surface area contributed by atoms with Crippen molar-refractivity contribution in [3.05, 3.63) is 41.5 Å². The Morgan fingerprint density at radius 2 is 2.05 bits per heavy atom. The number of hydrogen-bond acceptors (Lipinski definition) is 2. The number of methoxy groups -OCH3 is 1. The van der Waals surface area contributed by atoms with Crippen molar-refractivity contribution >= 4 is 10.8 Å². The number of rotatable bonds is 4. The Kier molecular flexibility index (Phi) is 4.09. The van der Waals surface area contributed by atoms with Crippen molar-refractivity contribution in [2.24, 2.45) is 0 Å². The van der Waals surface area contributed by atoms with Gasteiger partial charge in [0.1, 0.15) is 5.75 Å². The fourth-order valence-corrected chi connectivity index (χ4v) is 2.22. The van der Waals surface area contributed by atoms with Crippen molar-refractivity contribution in [2.45, 2.75) is 19.8 Å². The van der Waals surface area contributed by atoms with Crippen LogP contribution in [0.1, 0.15) is 30.9 Å². The van der Waals surface area contributed by atoms with Crippen LogP contribution in [0.25, 0.3) is 10.8 Å². The second-order valence-electron chi connectivity index (χ2n) is 4.77. The summed E-state index contributed by atoms with van der Waals surface area (Å²) in [6, 6.07) is 10.1. The Hall–Kier alpha value is -1.98. The smallest absolute Gasteiger partial charge is 0.188 e. The lowest BCUT2D eigenvalue weighted by Gasteiger charge is -2.15. The maximum absolute atomic E-state index is 5.60. The molecule has 0 saturated carbocycles. The summed E-state index contributed by atoms with van der Waals surface area (Å²) in [6.45, 7) is 4.56. The van der Waals surface area contributed by atoms with Gasteiger partial charge in [-0.25, -0.2) is 0 Å². The van der Waals surface area contributed by atoms with E-state index in [1.807, 2.05) is 24.3 Å². The van der Waals surface area contributed by atoms with Gasteiger partial charge in [-0.3, -0.25) is 0 Å². The average Bonchev–Trinajstić information content (AvgIpc) is 2.43. The number of fused-ring (bicyclic) bond motifs is 1. The van der Waals surface area contributed by atoms with Crippen LogP contribution < -0.4 is 4.74 Å². The zero-order valence-electron chi connectivity index (χ0n) is 11.6. The number of ether oxygens (including phenoxy) is 2. The highest BCUT2D eigenvalue weighted by Crippen LogP contribution is 2.32. The SMILES string of the molecule is C#Cc1cccc2cc(OCOC)cc(C(C)C)c12. The zero-order valence-corrected chi connectivity index (χ0v) is 11.6. The van der Waals surface area contributed by atoms with Crippen molar-refractivity contribution in [2.75, 3.05) is 13.9 Å². The molecule has 0 aromatic heterocycles. The first kappa shape index (κ1) is 13.5. The quantitative estimate of drug-likeness (QED) is 0.608. The Balaban J connectivity index is 2.66. The van der Waals surface area contributed by atoms with Crippen molar-refractivity contribution in [3.8, 4) is 18.1 Å². The van der Waals surface area contributed by atoms with Gasteiger partial charge in [-0.15, -0.1) is 6.42 Å². The van der Waals surface area contributed by atoms with Gasteiger partial charge in [0.05, 0.1) is 0 Å². The summed E-state index contributed by atoms with van der Waals surface area (Å²) in [5, 5.41) is 2.25. The van der Waals surface area contributed by atoms with Crippen LogP contribution in [0, 0.1) is 12.3 Å². The Labute approximate surface area is 114 Å². The summed E-state index contributed by atoms with van der Waals surface area (Å²) >= 11 is 0. The van der Waals surface area contributed by atoms with Gasteiger partial charge in [0.25, 0.3) is 0 Å². The molecule has 0 saturated heterocycles. The molecule has 0 radical (unpaired) electrons. The fourth-order valence-electron chi connectivity index (χ4n) is 2.22. The highest BCUT2D eigenvalue weighted by molar-refractivity contribution is 5.92. The summed E-state index contributed by atoms with van der Waals surface area (Å²) in [5.74, 6) is 3.95. The van der Waals surface area contributed by atoms with Gasteiger partial charge in [-0.05, 0) is 35.1 Å². The predicted molar refractivity (Wildman–Crippen MR) is 78.5 cm³/mol. The Morgan fingerprint density at radius 1 is 1.26 bits per heavy atom. The normalized spacial score (nSPS) is 10.7. The fraction of sp³-hybridized carbons (Fsp3) is 0.294. The van der Waals surface area contributed by atoms with E-state index in [0.717, 1.165) is 22.1 Å². The van der Waals surface area contributed by atoms with Crippen LogP contribution in [0.3, 0.4) is 0 Å². The van der Waals surface area contributed by atoms with E-state index in [4.69, 9.17) is 15.9 Å². The first-order chi connectivity index (χ1) is 9.17. The monoisotopic (exact) mass is 254 g/mol. The second-order valence-corrected chi connectivity index (χ2v) is 4.77. The first-order valence-electron chi connectivity index (χ1n) is 6.32. The Bertz CT molecular complexity index is 621. The topological polar surface area (TPSA) is 18.5 Å². The molecule has 2 aromatic rings. The Morgan fingerprint density at radius 3 is 2.68 bits per heavy atom. The largest absolute Gasteiger partial charge is 0.468 e. The zero-order chi connectivity index (χ0) is 13.8. The maximum atomic E-state index is 5.60. The molecule has 0 aliphatic rings. The highest BCUT2D eigenvalue weighted by Gasteiger charge is 2.11. The van der Waals surface area contributed by atoms with Crippen molar-refractivity contribution in [1.82, 2.24) is 0 Å². The molecule has 0 amide bonds. The van der Waals surface area contributed by atoms with Crippen LogP contribution in [0.2, 0.25) is 0 Å². The number of terminal acetylenes is 1. The molecular formula is C17H18O2. The summed E-state index contributed by atoms with van der Waals surface area (Å²) in [5.41, 5.74) is 2.14. The molecule has 0 unspecified atom stereocenters. The average molecular weight is 254 g/mol. The lowest BCUT2D eigenvalue weighted by atomic mass is 9.92. The summed E-state index contributed by atoms with van der Waals surface area (Å²) < 4.78 is 10.5. The summed E-state index contributed by atoms with van der Waals surface area (Å²) in [6.07, 6.45) is 5.60. The molecule has 2 aromatic carbocycles. The molecule has 19 heavy (non-hydrogen) atoms. The molecule has 0 atom stereocenters. The lowest BCUT2D eigenvalue weighted by Crippen LogP contribution is -2.01. The third kappa shape index (κ3) is 2.72. The van der Waals surface area contributed by atoms with E-state index in [2.05, 4.69) is 25.8 Å². The third-order valence-electron chi connectivity index (χ3n) is 3.10. The molecule has 0 aliphatic heterocycles. The molecule has 0 bridgehead atoms. The van der Waals surface area contributed by atoms with Gasteiger partial charge < -0.3 is 9.47 Å². The van der Waals surface area contributed by atoms with Crippen LogP contribution in [0.4, 0.5) is 0 Å². The molecule has 2 heteroatoms. The summed E-state index contributed by atoms with van der Waals surface area (Å²) in [7, 11) is 1.61. The van der Waals surface area contributed by atoms with Gasteiger partial charge in [0, 0.05) is 18.1 Å². The van der Waals surface area contributed by atoms with Gasteiger partial charge in [-0.1, -0.05) is 31.9 Å². The van der Waals surface area contributed by atoms with E-state index >= 15 is 0 Å². The minimum atomic E-state index is 0.248. The molecule has 0 heterocycles. The molecule has 0 spiro atoms. The van der Waals surface area contributed by atoms with Crippen molar-refractivity contribution < 1.29 is 9.47 Å². The standard InChI is InChI=1S/C17H18O2/c1-5-13-7-6-8-14-9-15(19-11-18-4)10-16(12(2)3)17(13)14/h1,6-10,12H,11H2,2-4H3. The number of hydrogen-bond donors (Lipinski definition) is 0.